The summed E-state index contributed by atoms with van der Waals surface area (Å²) in [5.41, 5.74) is -1.80. The van der Waals surface area contributed by atoms with Crippen molar-refractivity contribution in [2.45, 2.75) is 35.1 Å². The van der Waals surface area contributed by atoms with E-state index in [1.807, 2.05) is 0 Å². The lowest BCUT2D eigenvalue weighted by Crippen LogP contribution is -2.91. The van der Waals surface area contributed by atoms with Crippen LogP contribution in [-0.4, -0.2) is 104 Å². The van der Waals surface area contributed by atoms with Gasteiger partial charge in [-0.15, -0.1) is 11.8 Å². The van der Waals surface area contributed by atoms with E-state index < -0.39 is 67.9 Å². The van der Waals surface area contributed by atoms with Gasteiger partial charge in [0.2, 0.25) is 0 Å². The molecule has 8 N–H and O–H groups in total. The average molecular weight is 639 g/mol. The van der Waals surface area contributed by atoms with Crippen molar-refractivity contribution in [1.82, 2.24) is 14.5 Å². The van der Waals surface area contributed by atoms with E-state index in [4.69, 9.17) is 4.74 Å². The number of carbonyl (C=O) groups excluding carboxylic acids is 1. The first kappa shape index (κ1) is 30.5. The third kappa shape index (κ3) is 3.91. The maximum atomic E-state index is 15.0. The maximum absolute atomic E-state index is 15.0. The minimum atomic E-state index is -4.43. The predicted octanol–water partition coefficient (Wildman–Crippen LogP) is -2.15. The van der Waals surface area contributed by atoms with Gasteiger partial charge < -0.3 is 45.6 Å². The Bertz CT molecular complexity index is 1780. The van der Waals surface area contributed by atoms with Crippen molar-refractivity contribution in [3.05, 3.63) is 65.1 Å². The summed E-state index contributed by atoms with van der Waals surface area (Å²) in [6, 6.07) is 5.22. The molecule has 2 aromatic carbocycles. The Labute approximate surface area is 248 Å². The highest BCUT2D eigenvalue weighted by molar-refractivity contribution is 7.99. The maximum Gasteiger partial charge on any atom is 0.350 e. The van der Waals surface area contributed by atoms with E-state index in [9.17, 15) is 54.8 Å². The highest BCUT2D eigenvalue weighted by Gasteiger charge is 2.78. The number of piperazine rings is 1. The number of halogens is 2. The van der Waals surface area contributed by atoms with E-state index in [-0.39, 0.29) is 52.8 Å². The SMILES string of the molecule is C=CC(=O)N1C(O)(O)C(O)(O)N(c2nc(=O)n3c4c(c(-c5ccc(F)cc5F)ccc24)SCC2(COC2)C3)C(O)(O)C1(O)O. The first-order chi connectivity index (χ1) is 20.4. The van der Waals surface area contributed by atoms with Gasteiger partial charge in [-0.3, -0.25) is 9.36 Å². The summed E-state index contributed by atoms with van der Waals surface area (Å²) in [5, 5.41) is 86.4. The van der Waals surface area contributed by atoms with Crippen LogP contribution >= 0.6 is 11.8 Å². The van der Waals surface area contributed by atoms with Gasteiger partial charge in [0, 0.05) is 45.2 Å². The highest BCUT2D eigenvalue weighted by atomic mass is 32.2. The Kier molecular flexibility index (Phi) is 6.56. The van der Waals surface area contributed by atoms with E-state index in [0.29, 0.717) is 11.8 Å². The van der Waals surface area contributed by atoms with Crippen LogP contribution in [0.4, 0.5) is 14.6 Å². The number of aliphatic hydroxyl groups is 8. The fraction of sp³-hybridized carbons (Fsp3) is 0.346. The molecular weight excluding hydrogens is 614 g/mol. The molecule has 0 bridgehead atoms. The van der Waals surface area contributed by atoms with Crippen molar-refractivity contribution in [3.63, 3.8) is 0 Å². The molecule has 0 radical (unpaired) electrons. The molecule has 6 rings (SSSR count). The number of hydrogen-bond acceptors (Lipinski definition) is 14. The third-order valence-electron chi connectivity index (χ3n) is 7.88. The fourth-order valence-corrected chi connectivity index (χ4v) is 7.01. The third-order valence-corrected chi connectivity index (χ3v) is 9.34. The molecule has 18 heteroatoms. The molecular formula is C26H24F2N4O11S. The molecule has 2 fully saturated rings. The molecule has 44 heavy (non-hydrogen) atoms. The topological polar surface area (TPSA) is 230 Å². The zero-order valence-corrected chi connectivity index (χ0v) is 23.1. The summed E-state index contributed by atoms with van der Waals surface area (Å²) in [7, 11) is 0. The van der Waals surface area contributed by atoms with E-state index in [2.05, 4.69) is 11.6 Å². The molecule has 0 aliphatic carbocycles. The second kappa shape index (κ2) is 9.47. The summed E-state index contributed by atoms with van der Waals surface area (Å²) >= 11 is 1.13. The number of anilines is 1. The molecule has 0 unspecified atom stereocenters. The van der Waals surface area contributed by atoms with Crippen LogP contribution in [-0.2, 0) is 16.1 Å². The van der Waals surface area contributed by atoms with Crippen LogP contribution in [0, 0.1) is 17.0 Å². The van der Waals surface area contributed by atoms with Crippen molar-refractivity contribution in [3.8, 4) is 11.1 Å². The van der Waals surface area contributed by atoms with Crippen molar-refractivity contribution >= 4 is 34.4 Å². The number of aromatic nitrogens is 2. The highest BCUT2D eigenvalue weighted by Crippen LogP contribution is 2.50. The lowest BCUT2D eigenvalue weighted by molar-refractivity contribution is -0.535. The molecule has 1 aromatic heterocycles. The van der Waals surface area contributed by atoms with Crippen LogP contribution < -0.4 is 10.6 Å². The van der Waals surface area contributed by atoms with Crippen LogP contribution in [0.1, 0.15) is 0 Å². The molecule has 2 saturated heterocycles. The standard InChI is InChI=1S/C26H24F2N4O11S/c1-2-17(33)31-23(35,36)25(39,40)32(26(41,42)24(31,37)38)20-15-6-5-14(13-4-3-12(27)7-16(13)28)19-18(15)30(21(34)29-20)8-22(11-44-19)9-43-10-22/h2-7,35-42H,1,8-11H2. The molecule has 3 aliphatic rings. The molecule has 1 spiro atoms. The van der Waals surface area contributed by atoms with Gasteiger partial charge in [0.05, 0.1) is 18.7 Å². The van der Waals surface area contributed by atoms with Crippen LogP contribution in [0.3, 0.4) is 0 Å². The van der Waals surface area contributed by atoms with Crippen LogP contribution in [0.2, 0.25) is 0 Å². The summed E-state index contributed by atoms with van der Waals surface area (Å²) in [6.45, 7) is 3.45. The zero-order chi connectivity index (χ0) is 32.2. The van der Waals surface area contributed by atoms with Crippen LogP contribution in [0.5, 0.6) is 0 Å². The van der Waals surface area contributed by atoms with Gasteiger partial charge in [-0.2, -0.15) is 4.98 Å². The van der Waals surface area contributed by atoms with Crippen LogP contribution in [0.25, 0.3) is 22.0 Å². The van der Waals surface area contributed by atoms with E-state index in [0.717, 1.165) is 34.5 Å². The fourth-order valence-electron chi connectivity index (χ4n) is 5.61. The monoisotopic (exact) mass is 638 g/mol. The normalized spacial score (nSPS) is 22.4. The molecule has 0 saturated carbocycles. The minimum Gasteiger partial charge on any atom is -0.380 e. The Morgan fingerprint density at radius 2 is 1.57 bits per heavy atom. The Morgan fingerprint density at radius 1 is 0.955 bits per heavy atom. The molecule has 15 nitrogen and oxygen atoms in total. The number of rotatable bonds is 3. The van der Waals surface area contributed by atoms with E-state index >= 15 is 4.39 Å². The average Bonchev–Trinajstić information content (AvgIpc) is 3.09. The van der Waals surface area contributed by atoms with Gasteiger partial charge in [0.15, 0.2) is 5.82 Å². The summed E-state index contributed by atoms with van der Waals surface area (Å²) in [6.07, 6.45) is 0.272. The number of amides is 1. The number of hydrogen-bond donors (Lipinski definition) is 8. The predicted molar refractivity (Wildman–Crippen MR) is 144 cm³/mol. The minimum absolute atomic E-state index is 0.0206. The quantitative estimate of drug-likeness (QED) is 0.113. The number of ether oxygens (including phenoxy) is 1. The first-order valence-electron chi connectivity index (χ1n) is 12.7. The number of carbonyl (C=O) groups is 1. The number of thioether (sulfide) groups is 1. The smallest absolute Gasteiger partial charge is 0.350 e. The largest absolute Gasteiger partial charge is 0.380 e. The van der Waals surface area contributed by atoms with Gasteiger partial charge in [0.25, 0.3) is 5.91 Å². The first-order valence-corrected chi connectivity index (χ1v) is 13.7. The van der Waals surface area contributed by atoms with Gasteiger partial charge in [-0.1, -0.05) is 12.6 Å². The second-order valence-corrected chi connectivity index (χ2v) is 11.8. The second-order valence-electron chi connectivity index (χ2n) is 10.8. The molecule has 4 heterocycles. The van der Waals surface area contributed by atoms with Gasteiger partial charge in [0.1, 0.15) is 11.6 Å². The van der Waals surface area contributed by atoms with Crippen molar-refractivity contribution in [2.75, 3.05) is 23.9 Å². The molecule has 0 atom stereocenters. The Morgan fingerprint density at radius 3 is 2.11 bits per heavy atom. The van der Waals surface area contributed by atoms with E-state index in [1.165, 1.54) is 6.07 Å². The Hall–Kier alpha value is -3.56. The zero-order valence-electron chi connectivity index (χ0n) is 22.3. The van der Waals surface area contributed by atoms with Gasteiger partial charge in [-0.05, 0) is 24.3 Å². The molecule has 234 valence electrons. The number of benzene rings is 2. The summed E-state index contributed by atoms with van der Waals surface area (Å²) < 4.78 is 35.3. The van der Waals surface area contributed by atoms with E-state index in [1.54, 1.807) is 0 Å². The Balaban J connectivity index is 1.68. The lowest BCUT2D eigenvalue weighted by Gasteiger charge is -2.60. The lowest BCUT2D eigenvalue weighted by atomic mass is 9.88. The number of nitrogens with zero attached hydrogens (tertiary/aromatic N) is 4. The summed E-state index contributed by atoms with van der Waals surface area (Å²) in [4.78, 5) is 28.4. The molecule has 3 aromatic rings. The molecule has 1 amide bonds. The molecule has 3 aliphatic heterocycles. The van der Waals surface area contributed by atoms with Crippen molar-refractivity contribution < 1.29 is 59.2 Å². The summed E-state index contributed by atoms with van der Waals surface area (Å²) in [5.74, 6) is -22.2. The van der Waals surface area contributed by atoms with Gasteiger partial charge in [-0.25, -0.2) is 23.4 Å². The van der Waals surface area contributed by atoms with Crippen molar-refractivity contribution in [1.29, 1.82) is 0 Å². The van der Waals surface area contributed by atoms with Crippen molar-refractivity contribution in [2.24, 2.45) is 5.41 Å². The van der Waals surface area contributed by atoms with Gasteiger partial charge >= 0.3 is 29.3 Å². The van der Waals surface area contributed by atoms with Crippen LogP contribution in [0.15, 0.2) is 52.7 Å².